The molecule has 0 spiro atoms. The molecule has 3 heterocycles. The first-order valence-electron chi connectivity index (χ1n) is 12.1. The number of fused-ring (bicyclic) bond motifs is 1. The van der Waals surface area contributed by atoms with Crippen molar-refractivity contribution in [1.82, 2.24) is 19.9 Å². The van der Waals surface area contributed by atoms with E-state index in [0.717, 1.165) is 48.4 Å². The number of aromatic amines is 1. The SMILES string of the molecule is CN1CCC(Nc2nc(Nc3ccc(OCC4CCCC4)cc3)c3c(=O)[nH]cc(Br)c3n2)CC1.Cl. The molecule has 188 valence electrons. The van der Waals surface area contributed by atoms with Gasteiger partial charge < -0.3 is 25.3 Å². The lowest BCUT2D eigenvalue weighted by Crippen LogP contribution is -2.37. The molecule has 1 saturated heterocycles. The largest absolute Gasteiger partial charge is 0.493 e. The average molecular weight is 564 g/mol. The van der Waals surface area contributed by atoms with Crippen LogP contribution in [0.2, 0.25) is 0 Å². The molecule has 10 heteroatoms. The molecule has 3 aromatic rings. The van der Waals surface area contributed by atoms with Gasteiger partial charge in [-0.25, -0.2) is 4.98 Å². The summed E-state index contributed by atoms with van der Waals surface area (Å²) in [5.41, 5.74) is 1.18. The van der Waals surface area contributed by atoms with Crippen LogP contribution in [0.3, 0.4) is 0 Å². The van der Waals surface area contributed by atoms with E-state index in [4.69, 9.17) is 9.72 Å². The standard InChI is InChI=1S/C25H31BrN6O2.ClH/c1-32-12-10-18(11-13-32)29-25-30-22-20(26)14-27-24(33)21(22)23(31-25)28-17-6-8-19(9-7-17)34-15-16-4-2-3-5-16;/h6-9,14,16,18H,2-5,10-13,15H2,1H3,(H,27,33)(H2,28,29,30,31);1H. The lowest BCUT2D eigenvalue weighted by molar-refractivity contribution is 0.252. The highest BCUT2D eigenvalue weighted by molar-refractivity contribution is 9.10. The van der Waals surface area contributed by atoms with E-state index in [2.05, 4.69) is 48.5 Å². The number of likely N-dealkylation sites (tertiary alicyclic amines) is 1. The maximum Gasteiger partial charge on any atom is 0.261 e. The number of piperidine rings is 1. The van der Waals surface area contributed by atoms with Gasteiger partial charge in [-0.2, -0.15) is 4.98 Å². The minimum atomic E-state index is -0.233. The molecular weight excluding hydrogens is 532 g/mol. The molecule has 0 amide bonds. The number of ether oxygens (including phenoxy) is 1. The Hall–Kier alpha value is -2.36. The molecule has 3 N–H and O–H groups in total. The van der Waals surface area contributed by atoms with E-state index >= 15 is 0 Å². The second-order valence-corrected chi connectivity index (χ2v) is 10.3. The normalized spacial score (nSPS) is 17.3. The van der Waals surface area contributed by atoms with Crippen molar-refractivity contribution in [3.8, 4) is 5.75 Å². The van der Waals surface area contributed by atoms with Gasteiger partial charge >= 0.3 is 0 Å². The number of rotatable bonds is 7. The first-order valence-corrected chi connectivity index (χ1v) is 12.9. The summed E-state index contributed by atoms with van der Waals surface area (Å²) in [5.74, 6) is 2.52. The first-order chi connectivity index (χ1) is 16.5. The predicted molar refractivity (Wildman–Crippen MR) is 146 cm³/mol. The van der Waals surface area contributed by atoms with E-state index in [9.17, 15) is 4.79 Å². The second-order valence-electron chi connectivity index (χ2n) is 9.42. The summed E-state index contributed by atoms with van der Waals surface area (Å²) < 4.78 is 6.70. The Bertz CT molecular complexity index is 1190. The van der Waals surface area contributed by atoms with Crippen LogP contribution < -0.4 is 20.9 Å². The van der Waals surface area contributed by atoms with Crippen molar-refractivity contribution in [2.45, 2.75) is 44.6 Å². The van der Waals surface area contributed by atoms with Crippen LogP contribution in [0.25, 0.3) is 10.9 Å². The van der Waals surface area contributed by atoms with Gasteiger partial charge in [0, 0.05) is 17.9 Å². The van der Waals surface area contributed by atoms with Crippen LogP contribution in [0.15, 0.2) is 39.7 Å². The van der Waals surface area contributed by atoms with E-state index in [-0.39, 0.29) is 18.0 Å². The molecule has 5 rings (SSSR count). The fourth-order valence-corrected chi connectivity index (χ4v) is 5.17. The zero-order valence-corrected chi connectivity index (χ0v) is 22.3. The fourth-order valence-electron chi connectivity index (χ4n) is 4.77. The molecule has 0 atom stereocenters. The van der Waals surface area contributed by atoms with Crippen molar-refractivity contribution in [2.75, 3.05) is 37.4 Å². The number of aromatic nitrogens is 3. The summed E-state index contributed by atoms with van der Waals surface area (Å²) in [6, 6.07) is 8.12. The average Bonchev–Trinajstić information content (AvgIpc) is 3.36. The number of benzene rings is 1. The van der Waals surface area contributed by atoms with E-state index in [0.29, 0.717) is 34.6 Å². The number of hydrogen-bond donors (Lipinski definition) is 3. The van der Waals surface area contributed by atoms with Crippen LogP contribution in [0.5, 0.6) is 5.75 Å². The molecular formula is C25H32BrClN6O2. The molecule has 1 aromatic carbocycles. The summed E-state index contributed by atoms with van der Waals surface area (Å²) >= 11 is 3.53. The Morgan fingerprint density at radius 2 is 1.83 bits per heavy atom. The summed E-state index contributed by atoms with van der Waals surface area (Å²) in [4.78, 5) is 27.2. The predicted octanol–water partition coefficient (Wildman–Crippen LogP) is 5.32. The third kappa shape index (κ3) is 6.26. The third-order valence-corrected chi connectivity index (χ3v) is 7.43. The lowest BCUT2D eigenvalue weighted by atomic mass is 10.1. The fraction of sp³-hybridized carbons (Fsp3) is 0.480. The van der Waals surface area contributed by atoms with Gasteiger partial charge in [0.15, 0.2) is 0 Å². The van der Waals surface area contributed by atoms with Gasteiger partial charge in [-0.15, -0.1) is 12.4 Å². The number of H-pyrrole nitrogens is 1. The van der Waals surface area contributed by atoms with Gasteiger partial charge in [-0.3, -0.25) is 4.79 Å². The van der Waals surface area contributed by atoms with Crippen LogP contribution in [0, 0.1) is 5.92 Å². The smallest absolute Gasteiger partial charge is 0.261 e. The molecule has 1 aliphatic heterocycles. The molecule has 35 heavy (non-hydrogen) atoms. The zero-order valence-electron chi connectivity index (χ0n) is 19.8. The van der Waals surface area contributed by atoms with Gasteiger partial charge in [0.2, 0.25) is 5.95 Å². The van der Waals surface area contributed by atoms with Gasteiger partial charge in [-0.1, -0.05) is 12.8 Å². The molecule has 1 aliphatic carbocycles. The highest BCUT2D eigenvalue weighted by Crippen LogP contribution is 2.29. The Morgan fingerprint density at radius 3 is 2.54 bits per heavy atom. The Kier molecular flexibility index (Phi) is 8.51. The third-order valence-electron chi connectivity index (χ3n) is 6.82. The Balaban J connectivity index is 0.00000289. The van der Waals surface area contributed by atoms with Gasteiger partial charge in [0.25, 0.3) is 5.56 Å². The monoisotopic (exact) mass is 562 g/mol. The maximum absolute atomic E-state index is 12.7. The number of halogens is 2. The highest BCUT2D eigenvalue weighted by atomic mass is 79.9. The van der Waals surface area contributed by atoms with Crippen molar-refractivity contribution < 1.29 is 4.74 Å². The second kappa shape index (κ2) is 11.6. The van der Waals surface area contributed by atoms with Gasteiger partial charge in [0.1, 0.15) is 17.0 Å². The molecule has 0 bridgehead atoms. The number of anilines is 3. The van der Waals surface area contributed by atoms with Crippen molar-refractivity contribution in [1.29, 1.82) is 0 Å². The van der Waals surface area contributed by atoms with Crippen LogP contribution in [-0.2, 0) is 0 Å². The number of nitrogens with zero attached hydrogens (tertiary/aromatic N) is 3. The van der Waals surface area contributed by atoms with E-state index in [1.165, 1.54) is 25.7 Å². The van der Waals surface area contributed by atoms with Crippen LogP contribution >= 0.6 is 28.3 Å². The van der Waals surface area contributed by atoms with E-state index in [1.807, 2.05) is 24.3 Å². The molecule has 0 radical (unpaired) electrons. The van der Waals surface area contributed by atoms with Crippen LogP contribution in [-0.4, -0.2) is 52.6 Å². The molecule has 2 aromatic heterocycles. The minimum absolute atomic E-state index is 0. The molecule has 1 saturated carbocycles. The van der Waals surface area contributed by atoms with Crippen molar-refractivity contribution in [2.24, 2.45) is 5.92 Å². The topological polar surface area (TPSA) is 95.2 Å². The quantitative estimate of drug-likeness (QED) is 0.358. The van der Waals surface area contributed by atoms with Crippen LogP contribution in [0.1, 0.15) is 38.5 Å². The lowest BCUT2D eigenvalue weighted by Gasteiger charge is -2.29. The number of hydrogen-bond acceptors (Lipinski definition) is 7. The Labute approximate surface area is 219 Å². The summed E-state index contributed by atoms with van der Waals surface area (Å²) in [6.45, 7) is 2.85. The van der Waals surface area contributed by atoms with E-state index < -0.39 is 0 Å². The molecule has 8 nitrogen and oxygen atoms in total. The summed E-state index contributed by atoms with van der Waals surface area (Å²) in [5, 5.41) is 7.23. The van der Waals surface area contributed by atoms with Crippen LogP contribution in [0.4, 0.5) is 17.5 Å². The Morgan fingerprint density at radius 1 is 1.11 bits per heavy atom. The maximum atomic E-state index is 12.7. The first kappa shape index (κ1) is 25.7. The summed E-state index contributed by atoms with van der Waals surface area (Å²) in [7, 11) is 2.14. The highest BCUT2D eigenvalue weighted by Gasteiger charge is 2.20. The minimum Gasteiger partial charge on any atom is -0.493 e. The molecule has 2 aliphatic rings. The van der Waals surface area contributed by atoms with Gasteiger partial charge in [0.05, 0.1) is 16.6 Å². The zero-order chi connectivity index (χ0) is 23.5. The van der Waals surface area contributed by atoms with E-state index in [1.54, 1.807) is 6.20 Å². The van der Waals surface area contributed by atoms with Crippen molar-refractivity contribution in [3.05, 3.63) is 45.3 Å². The number of nitrogens with one attached hydrogen (secondary N) is 3. The molecule has 2 fully saturated rings. The summed E-state index contributed by atoms with van der Waals surface area (Å²) in [6.07, 6.45) is 8.83. The van der Waals surface area contributed by atoms with Crippen molar-refractivity contribution >= 4 is 56.7 Å². The van der Waals surface area contributed by atoms with Gasteiger partial charge in [-0.05, 0) is 91.9 Å². The molecule has 0 unspecified atom stereocenters. The van der Waals surface area contributed by atoms with Crippen molar-refractivity contribution in [3.63, 3.8) is 0 Å². The number of pyridine rings is 1.